The average Bonchev–Trinajstić information content (AvgIpc) is 2.27. The fourth-order valence-electron chi connectivity index (χ4n) is 1.44. The van der Waals surface area contributed by atoms with E-state index in [0.29, 0.717) is 20.1 Å². The molecule has 0 saturated carbocycles. The van der Waals surface area contributed by atoms with Gasteiger partial charge in [-0.25, -0.2) is 0 Å². The second-order valence-corrected chi connectivity index (χ2v) is 6.49. The Labute approximate surface area is 126 Å². The van der Waals surface area contributed by atoms with Crippen molar-refractivity contribution in [3.8, 4) is 0 Å². The van der Waals surface area contributed by atoms with Gasteiger partial charge in [-0.1, -0.05) is 0 Å². The molecule has 0 aliphatic carbocycles. The SMILES string of the molecule is Clc1cccc(Cl)[c]1[Al+][c]1c(Cl)cccc1Cl. The molecule has 0 radical (unpaired) electrons. The first-order valence-electron chi connectivity index (χ1n) is 4.82. The predicted molar refractivity (Wildman–Crippen MR) is 77.9 cm³/mol. The van der Waals surface area contributed by atoms with Crippen LogP contribution in [-0.2, 0) is 0 Å². The van der Waals surface area contributed by atoms with Crippen molar-refractivity contribution in [2.75, 3.05) is 0 Å². The summed E-state index contributed by atoms with van der Waals surface area (Å²) in [4.78, 5) is 0. The quantitative estimate of drug-likeness (QED) is 0.735. The summed E-state index contributed by atoms with van der Waals surface area (Å²) in [6, 6.07) is 10.9. The number of rotatable bonds is 2. The molecule has 0 aromatic heterocycles. The molecule has 0 bridgehead atoms. The second kappa shape index (κ2) is 5.85. The molecule has 0 aliphatic heterocycles. The molecule has 0 aliphatic rings. The maximum absolute atomic E-state index is 6.13. The van der Waals surface area contributed by atoms with Crippen LogP contribution in [0.15, 0.2) is 36.4 Å². The standard InChI is InChI=1S/2C6H3Cl2.Al/c2*7-5-2-1-3-6(8)4-5;/h2*1-3H;/q;;+1. The van der Waals surface area contributed by atoms with Crippen LogP contribution in [0.5, 0.6) is 0 Å². The van der Waals surface area contributed by atoms with Crippen LogP contribution in [-0.4, -0.2) is 15.2 Å². The first-order chi connectivity index (χ1) is 8.09. The summed E-state index contributed by atoms with van der Waals surface area (Å²) in [6.45, 7) is 0. The van der Waals surface area contributed by atoms with Crippen LogP contribution in [0, 0.1) is 0 Å². The van der Waals surface area contributed by atoms with Crippen LogP contribution in [0.4, 0.5) is 0 Å². The van der Waals surface area contributed by atoms with Crippen LogP contribution >= 0.6 is 46.4 Å². The molecule has 0 N–H and O–H groups in total. The van der Waals surface area contributed by atoms with Gasteiger partial charge in [0.2, 0.25) is 0 Å². The van der Waals surface area contributed by atoms with E-state index in [4.69, 9.17) is 46.4 Å². The van der Waals surface area contributed by atoms with Gasteiger partial charge in [0, 0.05) is 0 Å². The van der Waals surface area contributed by atoms with Crippen molar-refractivity contribution in [1.82, 2.24) is 0 Å². The molecule has 0 fully saturated rings. The monoisotopic (exact) mass is 317 g/mol. The summed E-state index contributed by atoms with van der Waals surface area (Å²) in [5.41, 5.74) is 0. The van der Waals surface area contributed by atoms with E-state index in [1.807, 2.05) is 36.4 Å². The zero-order valence-corrected chi connectivity index (χ0v) is 12.7. The molecular weight excluding hydrogens is 313 g/mol. The van der Waals surface area contributed by atoms with Crippen LogP contribution in [0.25, 0.3) is 0 Å². The molecule has 0 nitrogen and oxygen atoms in total. The minimum absolute atomic E-state index is 0.317. The van der Waals surface area contributed by atoms with Crippen LogP contribution in [0.3, 0.4) is 0 Å². The summed E-state index contributed by atoms with van der Waals surface area (Å²) in [5.74, 6) is 0. The molecule has 84 valence electrons. The Morgan fingerprint density at radius 1 is 0.588 bits per heavy atom. The molecule has 17 heavy (non-hydrogen) atoms. The van der Waals surface area contributed by atoms with Crippen molar-refractivity contribution < 1.29 is 0 Å². The maximum atomic E-state index is 6.13. The van der Waals surface area contributed by atoms with Crippen molar-refractivity contribution in [3.63, 3.8) is 0 Å². The third-order valence-electron chi connectivity index (χ3n) is 2.29. The van der Waals surface area contributed by atoms with Gasteiger partial charge in [0.05, 0.1) is 0 Å². The van der Waals surface area contributed by atoms with Crippen molar-refractivity contribution in [2.45, 2.75) is 0 Å². The molecule has 2 rings (SSSR count). The fourth-order valence-corrected chi connectivity index (χ4v) is 4.12. The van der Waals surface area contributed by atoms with Crippen molar-refractivity contribution in [2.24, 2.45) is 0 Å². The van der Waals surface area contributed by atoms with Crippen LogP contribution in [0.2, 0.25) is 20.1 Å². The van der Waals surface area contributed by atoms with E-state index in [1.54, 1.807) is 0 Å². The van der Waals surface area contributed by atoms with E-state index >= 15 is 0 Å². The van der Waals surface area contributed by atoms with Crippen molar-refractivity contribution >= 4 is 70.5 Å². The Hall–Kier alpha value is 0.132. The third kappa shape index (κ3) is 3.12. The topological polar surface area (TPSA) is 0 Å². The number of benzene rings is 2. The van der Waals surface area contributed by atoms with Gasteiger partial charge < -0.3 is 0 Å². The van der Waals surface area contributed by atoms with Gasteiger partial charge in [0.15, 0.2) is 0 Å². The molecule has 5 heteroatoms. The summed E-state index contributed by atoms with van der Waals surface area (Å²) in [7, 11) is 0. The first kappa shape index (κ1) is 13.6. The molecular formula is C12H6AlCl4+. The Bertz CT molecular complexity index is 464. The fraction of sp³-hybridized carbons (Fsp3) is 0. The van der Waals surface area contributed by atoms with Gasteiger partial charge in [-0.3, -0.25) is 0 Å². The second-order valence-electron chi connectivity index (χ2n) is 3.42. The summed E-state index contributed by atoms with van der Waals surface area (Å²) >= 11 is 24.2. The van der Waals surface area contributed by atoms with E-state index in [-0.39, 0.29) is 15.2 Å². The normalized spacial score (nSPS) is 10.1. The Morgan fingerprint density at radius 3 is 1.18 bits per heavy atom. The van der Waals surface area contributed by atoms with Crippen molar-refractivity contribution in [3.05, 3.63) is 56.5 Å². The number of hydrogen-bond donors (Lipinski definition) is 0. The van der Waals surface area contributed by atoms with Gasteiger partial charge in [0.1, 0.15) is 0 Å². The zero-order chi connectivity index (χ0) is 12.4. The molecule has 0 amide bonds. The Morgan fingerprint density at radius 2 is 0.882 bits per heavy atom. The molecule has 0 unspecified atom stereocenters. The molecule has 0 saturated heterocycles. The van der Waals surface area contributed by atoms with Gasteiger partial charge in [0.25, 0.3) is 0 Å². The van der Waals surface area contributed by atoms with Crippen LogP contribution in [0.1, 0.15) is 0 Å². The van der Waals surface area contributed by atoms with E-state index in [1.165, 1.54) is 0 Å². The Kier molecular flexibility index (Phi) is 4.67. The Balaban J connectivity index is 2.45. The summed E-state index contributed by atoms with van der Waals surface area (Å²) in [6.07, 6.45) is 0. The molecule has 2 aromatic rings. The molecule has 0 spiro atoms. The van der Waals surface area contributed by atoms with E-state index in [9.17, 15) is 0 Å². The van der Waals surface area contributed by atoms with E-state index in [2.05, 4.69) is 0 Å². The first-order valence-corrected chi connectivity index (χ1v) is 7.49. The third-order valence-corrected chi connectivity index (χ3v) is 6.16. The van der Waals surface area contributed by atoms with Gasteiger partial charge >= 0.3 is 127 Å². The summed E-state index contributed by atoms with van der Waals surface area (Å²) in [5, 5.41) is 2.62. The van der Waals surface area contributed by atoms with Gasteiger partial charge in [-0.15, -0.1) is 0 Å². The van der Waals surface area contributed by atoms with E-state index in [0.717, 1.165) is 8.85 Å². The average molecular weight is 319 g/mol. The van der Waals surface area contributed by atoms with Gasteiger partial charge in [-0.05, 0) is 0 Å². The molecule has 0 atom stereocenters. The minimum atomic E-state index is -0.317. The predicted octanol–water partition coefficient (Wildman–Crippen LogP) is 3.96. The molecule has 0 heterocycles. The van der Waals surface area contributed by atoms with E-state index < -0.39 is 0 Å². The zero-order valence-electron chi connectivity index (χ0n) is 8.55. The number of hydrogen-bond acceptors (Lipinski definition) is 0. The number of halogens is 4. The van der Waals surface area contributed by atoms with Crippen LogP contribution < -0.4 is 8.85 Å². The summed E-state index contributed by atoms with van der Waals surface area (Å²) < 4.78 is 1.84. The molecule has 2 aromatic carbocycles. The van der Waals surface area contributed by atoms with Crippen molar-refractivity contribution in [1.29, 1.82) is 0 Å². The van der Waals surface area contributed by atoms with Gasteiger partial charge in [-0.2, -0.15) is 0 Å².